The molecule has 0 bridgehead atoms. The van der Waals surface area contributed by atoms with Crippen LogP contribution in [0.25, 0.3) is 57.7 Å². The van der Waals surface area contributed by atoms with Crippen LogP contribution in [0.4, 0.5) is 0 Å². The number of hydrogen-bond donors (Lipinski definition) is 0. The van der Waals surface area contributed by atoms with Crippen molar-refractivity contribution in [2.75, 3.05) is 0 Å². The van der Waals surface area contributed by atoms with Gasteiger partial charge in [0.2, 0.25) is 0 Å². The maximum Gasteiger partial charge on any atom is 0.0159 e. The van der Waals surface area contributed by atoms with E-state index in [9.17, 15) is 0 Å². The van der Waals surface area contributed by atoms with Gasteiger partial charge < -0.3 is 0 Å². The zero-order chi connectivity index (χ0) is 55.1. The molecule has 0 amide bonds. The van der Waals surface area contributed by atoms with Gasteiger partial charge >= 0.3 is 0 Å². The second-order valence-corrected chi connectivity index (χ2v) is 20.1. The lowest BCUT2D eigenvalue weighted by molar-refractivity contribution is 0.659. The van der Waals surface area contributed by atoms with Crippen molar-refractivity contribution in [3.8, 4) is 22.3 Å². The summed E-state index contributed by atoms with van der Waals surface area (Å²) in [4.78, 5) is 0. The van der Waals surface area contributed by atoms with Crippen LogP contribution in [-0.2, 0) is 5.41 Å². The second-order valence-electron chi connectivity index (χ2n) is 20.1. The Hall–Kier alpha value is -7.28. The normalized spacial score (nSPS) is 12.8. The molecule has 0 spiro atoms. The Morgan fingerprint density at radius 2 is 1.16 bits per heavy atom. The van der Waals surface area contributed by atoms with E-state index in [1.165, 1.54) is 118 Å². The van der Waals surface area contributed by atoms with Crippen molar-refractivity contribution in [1.29, 1.82) is 0 Å². The molecule has 388 valence electrons. The van der Waals surface area contributed by atoms with E-state index in [4.69, 9.17) is 0 Å². The van der Waals surface area contributed by atoms with Gasteiger partial charge in [-0.2, -0.15) is 0 Å². The van der Waals surface area contributed by atoms with E-state index in [2.05, 4.69) is 254 Å². The average molecular weight is 990 g/mol. The Morgan fingerprint density at radius 1 is 0.600 bits per heavy atom. The fraction of sp³-hybridized carbons (Fsp3) is 0.253. The summed E-state index contributed by atoms with van der Waals surface area (Å²) in [6.45, 7) is 44.0. The van der Waals surface area contributed by atoms with Crippen LogP contribution < -0.4 is 10.4 Å². The molecule has 2 aliphatic rings. The van der Waals surface area contributed by atoms with Gasteiger partial charge in [-0.3, -0.25) is 0 Å². The number of rotatable bonds is 9. The largest absolute Gasteiger partial charge is 0.0988 e. The molecule has 0 aromatic heterocycles. The molecule has 0 unspecified atom stereocenters. The maximum absolute atomic E-state index is 4.05. The standard InChI is InChI=1S/C21H22.C13H14.C13H12.C13H18.C13H16.C2H6/c1-7-15-14(4)12-19-20(16(15)8-2)17-10-9-13(3)11-18(17)21(19,5)6;2*1-11-7-9-13(10-8-11)12-5-3-2-4-6-12;1-5-12(10(2)3)13-9-7-6-8-11(13)4;1-4-8-12(5-2)13-10-7-6-9-11(13)3;1-2/h7-12H,1-2H2,3-6H3;3,5-10H,2,4H2,1H3;2-10H,1H3;5-10H,1-4H3;5-7,9-10H,2-4,8H2,1H3;1-2H3/b;;;12-5-;13-12+;. The van der Waals surface area contributed by atoms with Crippen molar-refractivity contribution >= 4 is 35.5 Å². The predicted octanol–water partition coefficient (Wildman–Crippen LogP) is 20.6. The number of hydrogen-bond acceptors (Lipinski definition) is 0. The summed E-state index contributed by atoms with van der Waals surface area (Å²) >= 11 is 0. The van der Waals surface area contributed by atoms with Crippen LogP contribution in [0.1, 0.15) is 142 Å². The van der Waals surface area contributed by atoms with Crippen LogP contribution >= 0.6 is 0 Å². The highest BCUT2D eigenvalue weighted by molar-refractivity contribution is 5.91. The van der Waals surface area contributed by atoms with Gasteiger partial charge in [-0.1, -0.05) is 292 Å². The van der Waals surface area contributed by atoms with Gasteiger partial charge in [0.15, 0.2) is 0 Å². The molecule has 0 aliphatic heterocycles. The van der Waals surface area contributed by atoms with Crippen LogP contribution in [0.5, 0.6) is 0 Å². The first-order chi connectivity index (χ1) is 36.1. The van der Waals surface area contributed by atoms with Gasteiger partial charge in [0.1, 0.15) is 0 Å². The van der Waals surface area contributed by atoms with Crippen molar-refractivity contribution in [3.63, 3.8) is 0 Å². The fourth-order valence-electron chi connectivity index (χ4n) is 9.76. The van der Waals surface area contributed by atoms with Gasteiger partial charge in [-0.15, -0.1) is 0 Å². The highest BCUT2D eigenvalue weighted by atomic mass is 14.4. The van der Waals surface area contributed by atoms with E-state index in [1.54, 1.807) is 0 Å². The Labute approximate surface area is 455 Å². The molecule has 0 nitrogen and oxygen atoms in total. The monoisotopic (exact) mass is 989 g/mol. The summed E-state index contributed by atoms with van der Waals surface area (Å²) in [6, 6.07) is 53.6. The first-order valence-corrected chi connectivity index (χ1v) is 27.3. The molecular formula is C75H88. The first-order valence-electron chi connectivity index (χ1n) is 27.3. The number of fused-ring (bicyclic) bond motifs is 3. The third-order valence-corrected chi connectivity index (χ3v) is 13.9. The van der Waals surface area contributed by atoms with Crippen LogP contribution in [0, 0.1) is 40.5 Å². The van der Waals surface area contributed by atoms with E-state index in [0.29, 0.717) is 5.92 Å². The summed E-state index contributed by atoms with van der Waals surface area (Å²) in [6.07, 6.45) is 19.5. The topological polar surface area (TPSA) is 0 Å². The Kier molecular flexibility index (Phi) is 24.3. The number of allylic oxidation sites excluding steroid dienone is 7. The molecule has 7 aromatic rings. The fourth-order valence-corrected chi connectivity index (χ4v) is 9.76. The lowest BCUT2D eigenvalue weighted by Gasteiger charge is -2.23. The zero-order valence-electron chi connectivity index (χ0n) is 48.2. The summed E-state index contributed by atoms with van der Waals surface area (Å²) in [5.74, 6) is 0.603. The highest BCUT2D eigenvalue weighted by Gasteiger charge is 2.37. The van der Waals surface area contributed by atoms with Crippen molar-refractivity contribution in [2.24, 2.45) is 5.92 Å². The Balaban J connectivity index is 0.000000204. The van der Waals surface area contributed by atoms with Gasteiger partial charge in [0.05, 0.1) is 0 Å². The van der Waals surface area contributed by atoms with E-state index >= 15 is 0 Å². The van der Waals surface area contributed by atoms with E-state index < -0.39 is 0 Å². The lowest BCUT2D eigenvalue weighted by Crippen LogP contribution is -2.24. The van der Waals surface area contributed by atoms with Crippen molar-refractivity contribution in [3.05, 3.63) is 273 Å². The summed E-state index contributed by atoms with van der Waals surface area (Å²) in [5.41, 5.74) is 23.9. The molecule has 2 aliphatic carbocycles. The minimum absolute atomic E-state index is 0.0406. The smallest absolute Gasteiger partial charge is 0.0159 e. The van der Waals surface area contributed by atoms with E-state index in [0.717, 1.165) is 18.1 Å². The van der Waals surface area contributed by atoms with Crippen LogP contribution in [0.3, 0.4) is 0 Å². The molecule has 0 radical (unpaired) electrons. The first kappa shape index (κ1) is 60.3. The molecule has 0 N–H and O–H groups in total. The quantitative estimate of drug-likeness (QED) is 0.135. The van der Waals surface area contributed by atoms with Gasteiger partial charge in [-0.25, -0.2) is 0 Å². The SMILES string of the molecule is C/C=C(\c1ccccc1C)C(C)C.C=C/C(CCC)=c1/ccccc1=C.C=Cc1c(C)cc2c(c1C=C)-c1ccc(C)cc1C2(C)C.CC.Cc1ccc(-c2ccccc2)cc1.Cc1ccc(C2=CCCC=C2)cc1. The van der Waals surface area contributed by atoms with Gasteiger partial charge in [0.25, 0.3) is 0 Å². The minimum Gasteiger partial charge on any atom is -0.0988 e. The van der Waals surface area contributed by atoms with Crippen LogP contribution in [0.2, 0.25) is 0 Å². The van der Waals surface area contributed by atoms with E-state index in [1.807, 2.05) is 56.3 Å². The molecule has 0 saturated carbocycles. The zero-order valence-corrected chi connectivity index (χ0v) is 48.2. The van der Waals surface area contributed by atoms with Crippen molar-refractivity contribution in [1.82, 2.24) is 0 Å². The summed E-state index contributed by atoms with van der Waals surface area (Å²) in [5, 5.41) is 2.32. The second kappa shape index (κ2) is 30.2. The van der Waals surface area contributed by atoms with E-state index in [-0.39, 0.29) is 5.41 Å². The van der Waals surface area contributed by atoms with Crippen LogP contribution in [0.15, 0.2) is 202 Å². The number of aryl methyl sites for hydroxylation is 5. The average Bonchev–Trinajstić information content (AvgIpc) is 3.64. The predicted molar refractivity (Wildman–Crippen MR) is 339 cm³/mol. The Bertz CT molecular complexity index is 3160. The molecule has 0 saturated heterocycles. The molecule has 9 rings (SSSR count). The van der Waals surface area contributed by atoms with Crippen molar-refractivity contribution < 1.29 is 0 Å². The third kappa shape index (κ3) is 16.4. The third-order valence-electron chi connectivity index (χ3n) is 13.9. The molecule has 0 fully saturated rings. The molecule has 0 heteroatoms. The molecule has 0 heterocycles. The lowest BCUT2D eigenvalue weighted by atomic mass is 9.80. The summed E-state index contributed by atoms with van der Waals surface area (Å²) < 4.78 is 0. The van der Waals surface area contributed by atoms with Gasteiger partial charge in [-0.05, 0) is 161 Å². The van der Waals surface area contributed by atoms with Gasteiger partial charge in [0, 0.05) is 5.41 Å². The summed E-state index contributed by atoms with van der Waals surface area (Å²) in [7, 11) is 0. The van der Waals surface area contributed by atoms with Crippen molar-refractivity contribution in [2.45, 2.75) is 121 Å². The molecule has 7 aromatic carbocycles. The molecular weight excluding hydrogens is 901 g/mol. The maximum atomic E-state index is 4.05. The van der Waals surface area contributed by atoms with Crippen LogP contribution in [-0.4, -0.2) is 0 Å². The minimum atomic E-state index is 0.0406. The highest BCUT2D eigenvalue weighted by Crippen LogP contribution is 2.52. The Morgan fingerprint density at radius 3 is 1.69 bits per heavy atom. The molecule has 0 atom stereocenters. The number of benzene rings is 7. The molecule has 75 heavy (non-hydrogen) atoms.